The summed E-state index contributed by atoms with van der Waals surface area (Å²) in [6, 6.07) is 5.67. The molecule has 1 fully saturated rings. The van der Waals surface area contributed by atoms with Crippen LogP contribution in [0.2, 0.25) is 0 Å². The van der Waals surface area contributed by atoms with Gasteiger partial charge in [0.1, 0.15) is 6.10 Å². The van der Waals surface area contributed by atoms with Crippen LogP contribution < -0.4 is 9.47 Å². The van der Waals surface area contributed by atoms with E-state index in [0.29, 0.717) is 30.7 Å². The lowest BCUT2D eigenvalue weighted by Gasteiger charge is -2.32. The average Bonchev–Trinajstić information content (AvgIpc) is 2.93. The summed E-state index contributed by atoms with van der Waals surface area (Å²) in [6.45, 7) is 5.00. The van der Waals surface area contributed by atoms with Gasteiger partial charge in [0.2, 0.25) is 11.8 Å². The van der Waals surface area contributed by atoms with Gasteiger partial charge in [-0.3, -0.25) is 0 Å². The van der Waals surface area contributed by atoms with Crippen LogP contribution in [0.25, 0.3) is 11.5 Å². The van der Waals surface area contributed by atoms with Crippen LogP contribution in [0.3, 0.4) is 0 Å². The molecule has 0 N–H and O–H groups in total. The molecule has 0 aliphatic carbocycles. The fourth-order valence-electron chi connectivity index (χ4n) is 3.08. The molecule has 0 amide bonds. The fraction of sp³-hybridized carbons (Fsp3) is 0.529. The van der Waals surface area contributed by atoms with Crippen molar-refractivity contribution in [2.45, 2.75) is 25.6 Å². The zero-order valence-corrected chi connectivity index (χ0v) is 13.9. The van der Waals surface area contributed by atoms with Crippen LogP contribution in [0, 0.1) is 0 Å². The van der Waals surface area contributed by atoms with Crippen molar-refractivity contribution in [3.63, 3.8) is 0 Å². The number of nitrogens with zero attached hydrogens (tertiary/aromatic N) is 3. The van der Waals surface area contributed by atoms with E-state index in [-0.39, 0.29) is 12.2 Å². The van der Waals surface area contributed by atoms with Gasteiger partial charge >= 0.3 is 0 Å². The van der Waals surface area contributed by atoms with Gasteiger partial charge in [-0.1, -0.05) is 0 Å². The predicted octanol–water partition coefficient (Wildman–Crippen LogP) is 2.29. The molecule has 128 valence electrons. The Morgan fingerprint density at radius 2 is 1.92 bits per heavy atom. The first kappa shape index (κ1) is 15.4. The standard InChI is InChI=1S/C17H21N3O4/c1-11-9-20(2)10-15(23-11)17-19-18-16(24-17)12-4-5-13-14(8-12)22-7-3-6-21-13/h4-5,8,11,15H,3,6-7,9-10H2,1-2H3/t11-,15-/m1/s1. The summed E-state index contributed by atoms with van der Waals surface area (Å²) >= 11 is 0. The molecule has 7 heteroatoms. The molecular formula is C17H21N3O4. The Morgan fingerprint density at radius 1 is 1.08 bits per heavy atom. The molecule has 0 radical (unpaired) electrons. The maximum atomic E-state index is 5.92. The molecule has 2 aliphatic heterocycles. The zero-order chi connectivity index (χ0) is 16.5. The number of aromatic nitrogens is 2. The van der Waals surface area contributed by atoms with Gasteiger partial charge in [-0.25, -0.2) is 0 Å². The largest absolute Gasteiger partial charge is 0.490 e. The van der Waals surface area contributed by atoms with Crippen molar-refractivity contribution in [3.05, 3.63) is 24.1 Å². The van der Waals surface area contributed by atoms with E-state index in [1.807, 2.05) is 25.1 Å². The number of hydrogen-bond donors (Lipinski definition) is 0. The van der Waals surface area contributed by atoms with Crippen molar-refractivity contribution in [2.24, 2.45) is 0 Å². The molecule has 7 nitrogen and oxygen atoms in total. The highest BCUT2D eigenvalue weighted by Gasteiger charge is 2.28. The number of likely N-dealkylation sites (N-methyl/N-ethyl adjacent to an activating group) is 1. The van der Waals surface area contributed by atoms with Crippen molar-refractivity contribution in [2.75, 3.05) is 33.4 Å². The number of morpholine rings is 1. The van der Waals surface area contributed by atoms with Crippen molar-refractivity contribution < 1.29 is 18.6 Å². The van der Waals surface area contributed by atoms with Gasteiger partial charge in [-0.2, -0.15) is 0 Å². The topological polar surface area (TPSA) is 69.9 Å². The third-order valence-electron chi connectivity index (χ3n) is 4.15. The molecule has 0 spiro atoms. The molecule has 2 atom stereocenters. The van der Waals surface area contributed by atoms with E-state index in [0.717, 1.165) is 30.8 Å². The van der Waals surface area contributed by atoms with Gasteiger partial charge in [0, 0.05) is 25.1 Å². The van der Waals surface area contributed by atoms with E-state index in [9.17, 15) is 0 Å². The van der Waals surface area contributed by atoms with Crippen LogP contribution >= 0.6 is 0 Å². The second-order valence-corrected chi connectivity index (χ2v) is 6.31. The Morgan fingerprint density at radius 3 is 2.75 bits per heavy atom. The number of ether oxygens (including phenoxy) is 3. The quantitative estimate of drug-likeness (QED) is 0.836. The second kappa shape index (κ2) is 6.41. The molecule has 2 aromatic rings. The minimum absolute atomic E-state index is 0.141. The monoisotopic (exact) mass is 331 g/mol. The van der Waals surface area contributed by atoms with Crippen LogP contribution in [0.5, 0.6) is 11.5 Å². The highest BCUT2D eigenvalue weighted by atomic mass is 16.5. The summed E-state index contributed by atoms with van der Waals surface area (Å²) in [7, 11) is 2.06. The highest BCUT2D eigenvalue weighted by molar-refractivity contribution is 5.59. The molecule has 0 unspecified atom stereocenters. The summed E-state index contributed by atoms with van der Waals surface area (Å²) in [5.74, 6) is 2.44. The third kappa shape index (κ3) is 3.09. The maximum Gasteiger partial charge on any atom is 0.248 e. The van der Waals surface area contributed by atoms with Crippen LogP contribution in [0.1, 0.15) is 25.3 Å². The molecular weight excluding hydrogens is 310 g/mol. The predicted molar refractivity (Wildman–Crippen MR) is 86.1 cm³/mol. The van der Waals surface area contributed by atoms with Crippen molar-refractivity contribution in [1.82, 2.24) is 15.1 Å². The SMILES string of the molecule is C[C@@H]1CN(C)C[C@H](c2nnc(-c3ccc4c(c3)OCCCO4)o2)O1. The van der Waals surface area contributed by atoms with Gasteiger partial charge in [0.15, 0.2) is 11.5 Å². The maximum absolute atomic E-state index is 5.92. The number of rotatable bonds is 2. The number of fused-ring (bicyclic) bond motifs is 1. The average molecular weight is 331 g/mol. The Labute approximate surface area is 140 Å². The van der Waals surface area contributed by atoms with E-state index >= 15 is 0 Å². The fourth-order valence-corrected chi connectivity index (χ4v) is 3.08. The third-order valence-corrected chi connectivity index (χ3v) is 4.15. The minimum Gasteiger partial charge on any atom is -0.490 e. The molecule has 0 saturated carbocycles. The Kier molecular flexibility index (Phi) is 4.12. The van der Waals surface area contributed by atoms with E-state index in [1.165, 1.54) is 0 Å². The molecule has 4 rings (SSSR count). The van der Waals surface area contributed by atoms with Crippen LogP contribution in [0.15, 0.2) is 22.6 Å². The van der Waals surface area contributed by atoms with E-state index in [4.69, 9.17) is 18.6 Å². The number of benzene rings is 1. The normalized spacial score (nSPS) is 24.6. The summed E-state index contributed by atoms with van der Waals surface area (Å²) in [6.07, 6.45) is 0.821. The molecule has 1 aromatic heterocycles. The van der Waals surface area contributed by atoms with Crippen molar-refractivity contribution in [3.8, 4) is 23.0 Å². The lowest BCUT2D eigenvalue weighted by Crippen LogP contribution is -2.40. The van der Waals surface area contributed by atoms with Gasteiger partial charge in [0.05, 0.1) is 19.3 Å². The summed E-state index contributed by atoms with van der Waals surface area (Å²) < 4.78 is 23.1. The van der Waals surface area contributed by atoms with Crippen LogP contribution in [-0.4, -0.2) is 54.6 Å². The Hall–Kier alpha value is -2.12. The first-order valence-electron chi connectivity index (χ1n) is 8.26. The van der Waals surface area contributed by atoms with E-state index in [1.54, 1.807) is 0 Å². The summed E-state index contributed by atoms with van der Waals surface area (Å²) in [4.78, 5) is 2.20. The van der Waals surface area contributed by atoms with Crippen molar-refractivity contribution >= 4 is 0 Å². The lowest BCUT2D eigenvalue weighted by molar-refractivity contribution is -0.0821. The van der Waals surface area contributed by atoms with E-state index in [2.05, 4.69) is 22.1 Å². The molecule has 1 saturated heterocycles. The first-order chi connectivity index (χ1) is 11.7. The zero-order valence-electron chi connectivity index (χ0n) is 13.9. The molecule has 24 heavy (non-hydrogen) atoms. The van der Waals surface area contributed by atoms with Gasteiger partial charge < -0.3 is 23.5 Å². The Balaban J connectivity index is 1.57. The molecule has 1 aromatic carbocycles. The highest BCUT2D eigenvalue weighted by Crippen LogP contribution is 2.34. The first-order valence-corrected chi connectivity index (χ1v) is 8.26. The number of hydrogen-bond acceptors (Lipinski definition) is 7. The second-order valence-electron chi connectivity index (χ2n) is 6.31. The van der Waals surface area contributed by atoms with Crippen LogP contribution in [-0.2, 0) is 4.74 Å². The van der Waals surface area contributed by atoms with Crippen LogP contribution in [0.4, 0.5) is 0 Å². The summed E-state index contributed by atoms with van der Waals surface area (Å²) in [5, 5.41) is 8.35. The van der Waals surface area contributed by atoms with Gasteiger partial charge in [-0.05, 0) is 32.2 Å². The Bertz CT molecular complexity index is 708. The lowest BCUT2D eigenvalue weighted by atomic mass is 10.2. The molecule has 0 bridgehead atoms. The molecule has 2 aliphatic rings. The minimum atomic E-state index is -0.194. The summed E-state index contributed by atoms with van der Waals surface area (Å²) in [5.41, 5.74) is 0.815. The van der Waals surface area contributed by atoms with Gasteiger partial charge in [0.25, 0.3) is 0 Å². The van der Waals surface area contributed by atoms with Crippen molar-refractivity contribution in [1.29, 1.82) is 0 Å². The van der Waals surface area contributed by atoms with E-state index < -0.39 is 0 Å². The molecule has 3 heterocycles. The smallest absolute Gasteiger partial charge is 0.248 e. The van der Waals surface area contributed by atoms with Gasteiger partial charge in [-0.15, -0.1) is 10.2 Å².